The number of methoxy groups -OCH3 is 1. The zero-order valence-corrected chi connectivity index (χ0v) is 13.8. The number of carbonyl (C=O) groups is 2. The van der Waals surface area contributed by atoms with E-state index in [0.717, 1.165) is 5.69 Å². The van der Waals surface area contributed by atoms with Crippen LogP contribution in [-0.4, -0.2) is 35.3 Å². The van der Waals surface area contributed by atoms with Gasteiger partial charge in [-0.1, -0.05) is 29.8 Å². The Morgan fingerprint density at radius 3 is 2.65 bits per heavy atom. The van der Waals surface area contributed by atoms with Crippen LogP contribution in [0.25, 0.3) is 5.69 Å². The topological polar surface area (TPSA) is 73.2 Å². The molecule has 0 radical (unpaired) electrons. The number of aryl methyl sites for hydroxylation is 1. The summed E-state index contributed by atoms with van der Waals surface area (Å²) < 4.78 is 6.07. The van der Waals surface area contributed by atoms with Gasteiger partial charge in [-0.25, -0.2) is 4.68 Å². The van der Waals surface area contributed by atoms with Crippen LogP contribution < -0.4 is 5.32 Å². The van der Waals surface area contributed by atoms with Gasteiger partial charge in [-0.05, 0) is 25.5 Å². The van der Waals surface area contributed by atoms with Crippen LogP contribution in [0.5, 0.6) is 0 Å². The normalized spacial score (nSPS) is 10.4. The third-order valence-electron chi connectivity index (χ3n) is 3.30. The van der Waals surface area contributed by atoms with Gasteiger partial charge >= 0.3 is 5.97 Å². The van der Waals surface area contributed by atoms with Gasteiger partial charge in [0.15, 0.2) is 0 Å². The number of ether oxygens (including phenoxy) is 1. The summed E-state index contributed by atoms with van der Waals surface area (Å²) >= 11 is 6.31. The van der Waals surface area contributed by atoms with Gasteiger partial charge in [0.25, 0.3) is 5.91 Å². The number of amides is 1. The summed E-state index contributed by atoms with van der Waals surface area (Å²) in [4.78, 5) is 23.3. The number of hydrogen-bond donors (Lipinski definition) is 1. The lowest BCUT2D eigenvalue weighted by atomic mass is 10.2. The molecule has 23 heavy (non-hydrogen) atoms. The first-order valence-corrected chi connectivity index (χ1v) is 7.58. The van der Waals surface area contributed by atoms with Crippen LogP contribution in [0, 0.1) is 6.92 Å². The lowest BCUT2D eigenvalue weighted by Crippen LogP contribution is -2.25. The molecule has 122 valence electrons. The zero-order chi connectivity index (χ0) is 16.8. The molecule has 0 saturated heterocycles. The Morgan fingerprint density at radius 1 is 1.30 bits per heavy atom. The third kappa shape index (κ3) is 4.10. The second-order valence-electron chi connectivity index (χ2n) is 4.93. The van der Waals surface area contributed by atoms with Gasteiger partial charge in [-0.3, -0.25) is 9.59 Å². The number of benzene rings is 1. The van der Waals surface area contributed by atoms with Gasteiger partial charge in [0.1, 0.15) is 5.15 Å². The molecule has 2 aromatic rings. The second-order valence-corrected chi connectivity index (χ2v) is 5.29. The van der Waals surface area contributed by atoms with E-state index in [-0.39, 0.29) is 23.5 Å². The highest BCUT2D eigenvalue weighted by Gasteiger charge is 2.20. The molecule has 1 N–H and O–H groups in total. The highest BCUT2D eigenvalue weighted by Crippen LogP contribution is 2.23. The Bertz CT molecular complexity index is 698. The van der Waals surface area contributed by atoms with E-state index in [2.05, 4.69) is 15.2 Å². The summed E-state index contributed by atoms with van der Waals surface area (Å²) in [6.45, 7) is 2.09. The largest absolute Gasteiger partial charge is 0.469 e. The Balaban J connectivity index is 2.07. The first-order valence-electron chi connectivity index (χ1n) is 7.20. The van der Waals surface area contributed by atoms with Crippen molar-refractivity contribution < 1.29 is 14.3 Å². The van der Waals surface area contributed by atoms with Crippen LogP contribution in [0.2, 0.25) is 5.15 Å². The molecule has 0 atom stereocenters. The van der Waals surface area contributed by atoms with E-state index in [1.54, 1.807) is 6.92 Å². The molecule has 1 aromatic carbocycles. The summed E-state index contributed by atoms with van der Waals surface area (Å²) in [6, 6.07) is 9.35. The Morgan fingerprint density at radius 2 is 2.00 bits per heavy atom. The zero-order valence-electron chi connectivity index (χ0n) is 13.0. The number of nitrogens with zero attached hydrogens (tertiary/aromatic N) is 2. The predicted molar refractivity (Wildman–Crippen MR) is 86.9 cm³/mol. The van der Waals surface area contributed by atoms with Crippen LogP contribution in [0.15, 0.2) is 30.3 Å². The number of esters is 1. The van der Waals surface area contributed by atoms with Crippen molar-refractivity contribution >= 4 is 23.5 Å². The smallest absolute Gasteiger partial charge is 0.305 e. The maximum Gasteiger partial charge on any atom is 0.305 e. The summed E-state index contributed by atoms with van der Waals surface area (Å²) in [5.74, 6) is -0.607. The fraction of sp³-hybridized carbons (Fsp3) is 0.312. The number of carbonyl (C=O) groups excluding carboxylic acids is 2. The fourth-order valence-corrected chi connectivity index (χ4v) is 2.48. The van der Waals surface area contributed by atoms with Crippen molar-refractivity contribution in [2.24, 2.45) is 0 Å². The van der Waals surface area contributed by atoms with E-state index in [9.17, 15) is 9.59 Å². The lowest BCUT2D eigenvalue weighted by molar-refractivity contribution is -0.140. The minimum atomic E-state index is -0.306. The van der Waals surface area contributed by atoms with Crippen LogP contribution in [0.4, 0.5) is 0 Å². The third-order valence-corrected chi connectivity index (χ3v) is 3.65. The molecule has 6 nitrogen and oxygen atoms in total. The maximum atomic E-state index is 12.3. The van der Waals surface area contributed by atoms with Gasteiger partial charge in [0.05, 0.1) is 24.1 Å². The molecular formula is C16H18ClN3O3. The minimum absolute atomic E-state index is 0.257. The molecule has 1 aromatic heterocycles. The van der Waals surface area contributed by atoms with Gasteiger partial charge in [-0.2, -0.15) is 5.10 Å². The van der Waals surface area contributed by atoms with Crippen LogP contribution in [-0.2, 0) is 9.53 Å². The molecule has 0 bridgehead atoms. The molecular weight excluding hydrogens is 318 g/mol. The van der Waals surface area contributed by atoms with Crippen LogP contribution >= 0.6 is 11.6 Å². The van der Waals surface area contributed by atoms with Crippen molar-refractivity contribution in [1.29, 1.82) is 0 Å². The van der Waals surface area contributed by atoms with E-state index >= 15 is 0 Å². The second kappa shape index (κ2) is 7.78. The summed E-state index contributed by atoms with van der Waals surface area (Å²) in [5.41, 5.74) is 1.67. The fourth-order valence-electron chi connectivity index (χ4n) is 2.12. The Hall–Kier alpha value is -2.34. The molecule has 0 fully saturated rings. The minimum Gasteiger partial charge on any atom is -0.469 e. The van der Waals surface area contributed by atoms with E-state index < -0.39 is 0 Å². The van der Waals surface area contributed by atoms with E-state index in [0.29, 0.717) is 24.2 Å². The lowest BCUT2D eigenvalue weighted by Gasteiger charge is -2.05. The number of aromatic nitrogens is 2. The average molecular weight is 336 g/mol. The highest BCUT2D eigenvalue weighted by molar-refractivity contribution is 6.33. The predicted octanol–water partition coefficient (Wildman–Crippen LogP) is 2.52. The summed E-state index contributed by atoms with van der Waals surface area (Å²) in [5, 5.41) is 7.32. The van der Waals surface area contributed by atoms with Gasteiger partial charge in [-0.15, -0.1) is 0 Å². The Labute approximate surface area is 139 Å². The molecule has 2 rings (SSSR count). The number of hydrogen-bond acceptors (Lipinski definition) is 4. The van der Waals surface area contributed by atoms with Crippen molar-refractivity contribution in [3.63, 3.8) is 0 Å². The molecule has 0 unspecified atom stereocenters. The van der Waals surface area contributed by atoms with Crippen molar-refractivity contribution in [2.45, 2.75) is 19.8 Å². The molecule has 1 amide bonds. The summed E-state index contributed by atoms with van der Waals surface area (Å²) in [6.07, 6.45) is 0.759. The molecule has 0 aliphatic carbocycles. The quantitative estimate of drug-likeness (QED) is 0.650. The number of para-hydroxylation sites is 1. The molecule has 0 saturated carbocycles. The van der Waals surface area contributed by atoms with Gasteiger partial charge in [0.2, 0.25) is 0 Å². The van der Waals surface area contributed by atoms with Crippen molar-refractivity contribution in [2.75, 3.05) is 13.7 Å². The molecule has 1 heterocycles. The van der Waals surface area contributed by atoms with E-state index in [1.165, 1.54) is 11.8 Å². The number of nitrogens with one attached hydrogen (secondary N) is 1. The standard InChI is InChI=1S/C16H18ClN3O3/c1-11-14(16(22)18-10-6-9-13(21)23-2)15(17)20(19-11)12-7-4-3-5-8-12/h3-5,7-8H,6,9-10H2,1-2H3,(H,18,22). The first kappa shape index (κ1) is 17.0. The Kier molecular flexibility index (Phi) is 5.76. The van der Waals surface area contributed by atoms with Crippen molar-refractivity contribution in [3.05, 3.63) is 46.7 Å². The SMILES string of the molecule is COC(=O)CCCNC(=O)c1c(C)nn(-c2ccccc2)c1Cl. The van der Waals surface area contributed by atoms with Gasteiger partial charge < -0.3 is 10.1 Å². The van der Waals surface area contributed by atoms with E-state index in [1.807, 2.05) is 30.3 Å². The van der Waals surface area contributed by atoms with E-state index in [4.69, 9.17) is 11.6 Å². The first-order chi connectivity index (χ1) is 11.0. The molecule has 0 spiro atoms. The number of halogens is 1. The molecule has 0 aliphatic heterocycles. The molecule has 0 aliphatic rings. The molecule has 7 heteroatoms. The van der Waals surface area contributed by atoms with Gasteiger partial charge in [0, 0.05) is 13.0 Å². The number of rotatable bonds is 6. The van der Waals surface area contributed by atoms with Crippen molar-refractivity contribution in [1.82, 2.24) is 15.1 Å². The van der Waals surface area contributed by atoms with Crippen molar-refractivity contribution in [3.8, 4) is 5.69 Å². The van der Waals surface area contributed by atoms with Crippen LogP contribution in [0.1, 0.15) is 28.9 Å². The monoisotopic (exact) mass is 335 g/mol. The highest BCUT2D eigenvalue weighted by atomic mass is 35.5. The average Bonchev–Trinajstić information content (AvgIpc) is 2.86. The summed E-state index contributed by atoms with van der Waals surface area (Å²) in [7, 11) is 1.34. The van der Waals surface area contributed by atoms with Crippen LogP contribution in [0.3, 0.4) is 0 Å². The maximum absolute atomic E-state index is 12.3.